The molecule has 0 amide bonds. The Morgan fingerprint density at radius 2 is 2.10 bits per heavy atom. The summed E-state index contributed by atoms with van der Waals surface area (Å²) in [6, 6.07) is 6.44. The van der Waals surface area contributed by atoms with E-state index in [2.05, 4.69) is 25.2 Å². The zero-order valence-corrected chi connectivity index (χ0v) is 13.5. The first-order valence-corrected chi connectivity index (χ1v) is 8.16. The summed E-state index contributed by atoms with van der Waals surface area (Å²) in [5, 5.41) is 3.95. The molecule has 1 aromatic rings. The maximum Gasteiger partial charge on any atom is 0.138 e. The molecule has 0 heterocycles. The van der Waals surface area contributed by atoms with Crippen molar-refractivity contribution < 1.29 is 4.74 Å². The standard InChI is InChI=1S/C17H26ClNO/c1-4-13-7-5-6-8-16(13)20-17-10-9-14(11-15(17)18)12(2)19-3/h9-13,16,19H,4-8H2,1-3H3. The molecule has 0 bridgehead atoms. The molecular weight excluding hydrogens is 270 g/mol. The first-order chi connectivity index (χ1) is 9.65. The van der Waals surface area contributed by atoms with Gasteiger partial charge in [-0.25, -0.2) is 0 Å². The Morgan fingerprint density at radius 3 is 2.75 bits per heavy atom. The lowest BCUT2D eigenvalue weighted by molar-refractivity contribution is 0.0904. The third kappa shape index (κ3) is 3.67. The molecule has 1 saturated carbocycles. The van der Waals surface area contributed by atoms with Crippen molar-refractivity contribution in [1.82, 2.24) is 5.32 Å². The zero-order chi connectivity index (χ0) is 14.5. The summed E-state index contributed by atoms with van der Waals surface area (Å²) >= 11 is 6.39. The monoisotopic (exact) mass is 295 g/mol. The third-order valence-corrected chi connectivity index (χ3v) is 4.83. The highest BCUT2D eigenvalue weighted by atomic mass is 35.5. The van der Waals surface area contributed by atoms with Crippen molar-refractivity contribution in [1.29, 1.82) is 0 Å². The van der Waals surface area contributed by atoms with E-state index in [9.17, 15) is 0 Å². The molecule has 2 nitrogen and oxygen atoms in total. The Kier molecular flexibility index (Phi) is 5.74. The molecule has 0 aromatic heterocycles. The van der Waals surface area contributed by atoms with Crippen LogP contribution in [0.25, 0.3) is 0 Å². The molecular formula is C17H26ClNO. The quantitative estimate of drug-likeness (QED) is 0.828. The van der Waals surface area contributed by atoms with Gasteiger partial charge in [-0.1, -0.05) is 31.0 Å². The van der Waals surface area contributed by atoms with Crippen molar-refractivity contribution in [2.75, 3.05) is 7.05 Å². The fraction of sp³-hybridized carbons (Fsp3) is 0.647. The molecule has 0 aliphatic heterocycles. The summed E-state index contributed by atoms with van der Waals surface area (Å²) in [4.78, 5) is 0. The Morgan fingerprint density at radius 1 is 1.35 bits per heavy atom. The fourth-order valence-corrected chi connectivity index (χ4v) is 3.24. The van der Waals surface area contributed by atoms with Crippen LogP contribution in [0.15, 0.2) is 18.2 Å². The highest BCUT2D eigenvalue weighted by Crippen LogP contribution is 2.34. The smallest absolute Gasteiger partial charge is 0.138 e. The lowest BCUT2D eigenvalue weighted by Gasteiger charge is -2.31. The lowest BCUT2D eigenvalue weighted by atomic mass is 9.85. The molecule has 0 saturated heterocycles. The van der Waals surface area contributed by atoms with Crippen LogP contribution in [-0.2, 0) is 0 Å². The summed E-state index contributed by atoms with van der Waals surface area (Å²) in [6.45, 7) is 4.38. The van der Waals surface area contributed by atoms with E-state index in [-0.39, 0.29) is 0 Å². The summed E-state index contributed by atoms with van der Waals surface area (Å²) in [7, 11) is 1.96. The van der Waals surface area contributed by atoms with Gasteiger partial charge in [0, 0.05) is 6.04 Å². The van der Waals surface area contributed by atoms with Gasteiger partial charge in [0.05, 0.1) is 5.02 Å². The van der Waals surface area contributed by atoms with E-state index in [1.165, 1.54) is 31.2 Å². The van der Waals surface area contributed by atoms with E-state index < -0.39 is 0 Å². The van der Waals surface area contributed by atoms with E-state index >= 15 is 0 Å². The van der Waals surface area contributed by atoms with Crippen LogP contribution < -0.4 is 10.1 Å². The Bertz CT molecular complexity index is 435. The molecule has 20 heavy (non-hydrogen) atoms. The van der Waals surface area contributed by atoms with Crippen LogP contribution in [-0.4, -0.2) is 13.2 Å². The van der Waals surface area contributed by atoms with Crippen molar-refractivity contribution in [3.63, 3.8) is 0 Å². The van der Waals surface area contributed by atoms with Crippen LogP contribution in [0.4, 0.5) is 0 Å². The molecule has 3 atom stereocenters. The van der Waals surface area contributed by atoms with Gasteiger partial charge in [0.25, 0.3) is 0 Å². The predicted octanol–water partition coefficient (Wildman–Crippen LogP) is 4.97. The maximum atomic E-state index is 6.39. The Hall–Kier alpha value is -0.730. The maximum absolute atomic E-state index is 6.39. The van der Waals surface area contributed by atoms with Gasteiger partial charge < -0.3 is 10.1 Å². The Labute approximate surface area is 127 Å². The van der Waals surface area contributed by atoms with Gasteiger partial charge in [0.1, 0.15) is 11.9 Å². The molecule has 1 fully saturated rings. The van der Waals surface area contributed by atoms with Crippen molar-refractivity contribution >= 4 is 11.6 Å². The van der Waals surface area contributed by atoms with Crippen molar-refractivity contribution in [2.45, 2.75) is 58.1 Å². The SMILES string of the molecule is CCC1CCCCC1Oc1ccc(C(C)NC)cc1Cl. The van der Waals surface area contributed by atoms with Crippen molar-refractivity contribution in [3.05, 3.63) is 28.8 Å². The zero-order valence-electron chi connectivity index (χ0n) is 12.8. The lowest BCUT2D eigenvalue weighted by Crippen LogP contribution is -2.30. The van der Waals surface area contributed by atoms with Crippen LogP contribution >= 0.6 is 11.6 Å². The molecule has 0 spiro atoms. The van der Waals surface area contributed by atoms with Crippen LogP contribution in [0.2, 0.25) is 5.02 Å². The van der Waals surface area contributed by atoms with Gasteiger partial charge in [-0.3, -0.25) is 0 Å². The molecule has 3 heteroatoms. The minimum Gasteiger partial charge on any atom is -0.489 e. The minimum absolute atomic E-state index is 0.305. The highest BCUT2D eigenvalue weighted by molar-refractivity contribution is 6.32. The van der Waals surface area contributed by atoms with Crippen LogP contribution in [0, 0.1) is 5.92 Å². The second-order valence-electron chi connectivity index (χ2n) is 5.81. The first kappa shape index (κ1) is 15.7. The number of hydrogen-bond donors (Lipinski definition) is 1. The molecule has 2 rings (SSSR count). The average Bonchev–Trinajstić information content (AvgIpc) is 2.49. The topological polar surface area (TPSA) is 21.3 Å². The van der Waals surface area contributed by atoms with Crippen molar-refractivity contribution in [3.8, 4) is 5.75 Å². The van der Waals surface area contributed by atoms with E-state index in [1.54, 1.807) is 0 Å². The van der Waals surface area contributed by atoms with Gasteiger partial charge >= 0.3 is 0 Å². The third-order valence-electron chi connectivity index (χ3n) is 4.53. The Balaban J connectivity index is 2.09. The summed E-state index contributed by atoms with van der Waals surface area (Å²) < 4.78 is 6.21. The summed E-state index contributed by atoms with van der Waals surface area (Å²) in [5.74, 6) is 1.51. The van der Waals surface area contributed by atoms with Gasteiger partial charge in [0.2, 0.25) is 0 Å². The largest absolute Gasteiger partial charge is 0.489 e. The van der Waals surface area contributed by atoms with Crippen LogP contribution in [0.5, 0.6) is 5.75 Å². The van der Waals surface area contributed by atoms with Crippen molar-refractivity contribution in [2.24, 2.45) is 5.92 Å². The molecule has 1 aromatic carbocycles. The molecule has 3 unspecified atom stereocenters. The second kappa shape index (κ2) is 7.33. The van der Waals surface area contributed by atoms with Gasteiger partial charge in [-0.2, -0.15) is 0 Å². The van der Waals surface area contributed by atoms with Gasteiger partial charge in [0.15, 0.2) is 0 Å². The summed E-state index contributed by atoms with van der Waals surface area (Å²) in [5.41, 5.74) is 1.19. The highest BCUT2D eigenvalue weighted by Gasteiger charge is 2.25. The molecule has 1 aliphatic carbocycles. The molecule has 0 radical (unpaired) electrons. The van der Waals surface area contributed by atoms with Gasteiger partial charge in [-0.05, 0) is 63.3 Å². The van der Waals surface area contributed by atoms with E-state index in [0.717, 1.165) is 17.2 Å². The van der Waals surface area contributed by atoms with E-state index in [1.807, 2.05) is 19.2 Å². The average molecular weight is 296 g/mol. The number of nitrogens with one attached hydrogen (secondary N) is 1. The van der Waals surface area contributed by atoms with Crippen LogP contribution in [0.3, 0.4) is 0 Å². The molecule has 112 valence electrons. The second-order valence-corrected chi connectivity index (χ2v) is 6.22. The van der Waals surface area contributed by atoms with Crippen LogP contribution in [0.1, 0.15) is 57.6 Å². The predicted molar refractivity (Wildman–Crippen MR) is 85.6 cm³/mol. The number of halogens is 1. The van der Waals surface area contributed by atoms with E-state index in [0.29, 0.717) is 18.1 Å². The first-order valence-electron chi connectivity index (χ1n) is 7.79. The number of rotatable bonds is 5. The van der Waals surface area contributed by atoms with Gasteiger partial charge in [-0.15, -0.1) is 0 Å². The minimum atomic E-state index is 0.305. The normalized spacial score (nSPS) is 24.4. The number of benzene rings is 1. The molecule has 1 aliphatic rings. The molecule has 1 N–H and O–H groups in total. The summed E-state index contributed by atoms with van der Waals surface area (Å²) in [6.07, 6.45) is 6.58. The number of ether oxygens (including phenoxy) is 1. The fourth-order valence-electron chi connectivity index (χ4n) is 3.01. The number of hydrogen-bond acceptors (Lipinski definition) is 2. The van der Waals surface area contributed by atoms with E-state index in [4.69, 9.17) is 16.3 Å².